The molecule has 0 saturated carbocycles. The first kappa shape index (κ1) is 27.3. The molecule has 47 heavy (non-hydrogen) atoms. The van der Waals surface area contributed by atoms with Crippen LogP contribution in [0.4, 0.5) is 0 Å². The second kappa shape index (κ2) is 8.52. The van der Waals surface area contributed by atoms with Crippen LogP contribution in [0, 0.1) is 5.41 Å². The highest BCUT2D eigenvalue weighted by molar-refractivity contribution is 6.14. The molecule has 0 atom stereocenters. The Kier molecular flexibility index (Phi) is 4.94. The van der Waals surface area contributed by atoms with Crippen LogP contribution in [0.1, 0.15) is 74.9 Å². The third-order valence-electron chi connectivity index (χ3n) is 13.5. The molecule has 6 aromatic carbocycles. The number of fused-ring (bicyclic) bond motifs is 15. The van der Waals surface area contributed by atoms with Crippen LogP contribution in [0.3, 0.4) is 0 Å². The van der Waals surface area contributed by atoms with Gasteiger partial charge in [0.15, 0.2) is 0 Å². The Morgan fingerprint density at radius 2 is 0.957 bits per heavy atom. The van der Waals surface area contributed by atoms with E-state index < -0.39 is 0 Å². The number of hydrogen-bond acceptors (Lipinski definition) is 0. The summed E-state index contributed by atoms with van der Waals surface area (Å²) in [6.07, 6.45) is 0. The zero-order valence-electron chi connectivity index (χ0n) is 28.1. The molecule has 0 saturated heterocycles. The number of aromatic nitrogens is 1. The van der Waals surface area contributed by atoms with Crippen molar-refractivity contribution in [2.75, 3.05) is 0 Å². The summed E-state index contributed by atoms with van der Waals surface area (Å²) in [5, 5.41) is 2.67. The molecule has 1 spiro atoms. The summed E-state index contributed by atoms with van der Waals surface area (Å²) in [5.41, 5.74) is 17.5. The zero-order valence-corrected chi connectivity index (χ0v) is 28.1. The number of benzene rings is 6. The Bertz CT molecular complexity index is 2440. The van der Waals surface area contributed by atoms with Crippen molar-refractivity contribution in [3.63, 3.8) is 0 Å². The summed E-state index contributed by atoms with van der Waals surface area (Å²) in [5.74, 6) is 0. The van der Waals surface area contributed by atoms with E-state index in [-0.39, 0.29) is 21.7 Å². The summed E-state index contributed by atoms with van der Waals surface area (Å²) in [7, 11) is 0. The van der Waals surface area contributed by atoms with E-state index in [1.54, 1.807) is 0 Å². The standard InChI is InChI=1S/C46H39N/c1-43(2)38-25-24-32-34-26-33-31-20-12-15-23-37(31)46(35-21-13-10-18-29(35)30-19-11-14-22-36(30)46)39(33)27-40(34)47(28-16-8-7-9-17-28)42(32)41(38)44(3,4)45(43,5)6/h7-27H,1-6H3. The minimum atomic E-state index is -0.365. The fraction of sp³-hybridized carbons (Fsp3) is 0.217. The van der Waals surface area contributed by atoms with Crippen molar-refractivity contribution < 1.29 is 0 Å². The molecule has 0 unspecified atom stereocenters. The van der Waals surface area contributed by atoms with Gasteiger partial charge in [-0.15, -0.1) is 0 Å². The molecule has 10 rings (SSSR count). The maximum Gasteiger partial charge on any atom is 0.0726 e. The maximum atomic E-state index is 2.60. The highest BCUT2D eigenvalue weighted by atomic mass is 15.0. The first-order valence-corrected chi connectivity index (χ1v) is 17.1. The molecule has 228 valence electrons. The van der Waals surface area contributed by atoms with Gasteiger partial charge in [0.2, 0.25) is 0 Å². The molecule has 0 radical (unpaired) electrons. The van der Waals surface area contributed by atoms with Gasteiger partial charge in [-0.05, 0) is 96.1 Å². The highest BCUT2D eigenvalue weighted by Crippen LogP contribution is 2.65. The van der Waals surface area contributed by atoms with Crippen molar-refractivity contribution in [2.45, 2.75) is 57.8 Å². The Labute approximate surface area is 277 Å². The first-order valence-electron chi connectivity index (χ1n) is 17.1. The third-order valence-corrected chi connectivity index (χ3v) is 13.5. The van der Waals surface area contributed by atoms with Crippen molar-refractivity contribution in [1.29, 1.82) is 0 Å². The monoisotopic (exact) mass is 605 g/mol. The van der Waals surface area contributed by atoms with E-state index in [2.05, 4.69) is 174 Å². The topological polar surface area (TPSA) is 4.93 Å². The fourth-order valence-electron chi connectivity index (χ4n) is 10.1. The minimum Gasteiger partial charge on any atom is -0.309 e. The quantitative estimate of drug-likeness (QED) is 0.175. The average molecular weight is 606 g/mol. The average Bonchev–Trinajstić information content (AvgIpc) is 3.71. The fourth-order valence-corrected chi connectivity index (χ4v) is 10.1. The van der Waals surface area contributed by atoms with Gasteiger partial charge >= 0.3 is 0 Å². The van der Waals surface area contributed by atoms with Crippen molar-refractivity contribution in [2.24, 2.45) is 5.41 Å². The lowest BCUT2D eigenvalue weighted by Crippen LogP contribution is -2.42. The molecule has 7 aromatic rings. The van der Waals surface area contributed by atoms with Crippen LogP contribution in [0.5, 0.6) is 0 Å². The molecule has 3 aliphatic carbocycles. The molecular formula is C46H39N. The van der Waals surface area contributed by atoms with Gasteiger partial charge in [0.25, 0.3) is 0 Å². The van der Waals surface area contributed by atoms with Gasteiger partial charge in [-0.25, -0.2) is 0 Å². The lowest BCUT2D eigenvalue weighted by Gasteiger charge is -2.44. The lowest BCUT2D eigenvalue weighted by molar-refractivity contribution is 0.125. The van der Waals surface area contributed by atoms with E-state index in [0.717, 1.165) is 0 Å². The van der Waals surface area contributed by atoms with Crippen molar-refractivity contribution in [3.8, 4) is 27.9 Å². The van der Waals surface area contributed by atoms with Gasteiger partial charge in [-0.3, -0.25) is 0 Å². The van der Waals surface area contributed by atoms with Gasteiger partial charge in [0, 0.05) is 16.5 Å². The Balaban J connectivity index is 1.42. The second-order valence-electron chi connectivity index (χ2n) is 15.7. The molecule has 1 nitrogen and oxygen atoms in total. The number of para-hydroxylation sites is 1. The largest absolute Gasteiger partial charge is 0.309 e. The van der Waals surface area contributed by atoms with E-state index in [1.807, 2.05) is 0 Å². The molecule has 0 amide bonds. The summed E-state index contributed by atoms with van der Waals surface area (Å²) >= 11 is 0. The summed E-state index contributed by atoms with van der Waals surface area (Å²) < 4.78 is 2.60. The summed E-state index contributed by atoms with van der Waals surface area (Å²) in [6.45, 7) is 14.8. The summed E-state index contributed by atoms with van der Waals surface area (Å²) in [4.78, 5) is 0. The Hall–Kier alpha value is -4.88. The highest BCUT2D eigenvalue weighted by Gasteiger charge is 2.58. The predicted octanol–water partition coefficient (Wildman–Crippen LogP) is 11.7. The molecule has 0 bridgehead atoms. The van der Waals surface area contributed by atoms with E-state index in [9.17, 15) is 0 Å². The molecule has 1 heteroatoms. The van der Waals surface area contributed by atoms with E-state index in [0.29, 0.717) is 0 Å². The minimum absolute atomic E-state index is 0.0278. The molecule has 1 heterocycles. The Morgan fingerprint density at radius 1 is 0.426 bits per heavy atom. The molecule has 0 fully saturated rings. The lowest BCUT2D eigenvalue weighted by atomic mass is 9.59. The van der Waals surface area contributed by atoms with Crippen LogP contribution >= 0.6 is 0 Å². The van der Waals surface area contributed by atoms with Crippen LogP contribution in [-0.4, -0.2) is 4.57 Å². The predicted molar refractivity (Wildman–Crippen MR) is 197 cm³/mol. The van der Waals surface area contributed by atoms with Crippen molar-refractivity contribution >= 4 is 21.8 Å². The van der Waals surface area contributed by atoms with Gasteiger partial charge in [0.05, 0.1) is 16.4 Å². The molecule has 0 N–H and O–H groups in total. The number of nitrogens with zero attached hydrogens (tertiary/aromatic N) is 1. The third kappa shape index (κ3) is 2.91. The van der Waals surface area contributed by atoms with Gasteiger partial charge in [-0.1, -0.05) is 145 Å². The van der Waals surface area contributed by atoms with E-state index >= 15 is 0 Å². The SMILES string of the molecule is CC1(C)c2ccc3c4cc5c(cc4n(-c4ccccc4)c3c2C(C)(C)C1(C)C)C1(c2ccccc2-c2ccccc21)c1ccccc1-5. The van der Waals surface area contributed by atoms with Crippen molar-refractivity contribution in [1.82, 2.24) is 4.57 Å². The molecule has 1 aromatic heterocycles. The van der Waals surface area contributed by atoms with E-state index in [4.69, 9.17) is 0 Å². The van der Waals surface area contributed by atoms with Crippen LogP contribution in [-0.2, 0) is 16.2 Å². The zero-order chi connectivity index (χ0) is 32.1. The summed E-state index contributed by atoms with van der Waals surface area (Å²) in [6, 6.07) is 48.4. The van der Waals surface area contributed by atoms with E-state index in [1.165, 1.54) is 83.1 Å². The van der Waals surface area contributed by atoms with Crippen molar-refractivity contribution in [3.05, 3.63) is 161 Å². The first-order chi connectivity index (χ1) is 22.6. The van der Waals surface area contributed by atoms with Crippen LogP contribution in [0.2, 0.25) is 0 Å². The Morgan fingerprint density at radius 3 is 1.55 bits per heavy atom. The molecule has 3 aliphatic rings. The van der Waals surface area contributed by atoms with Gasteiger partial charge < -0.3 is 4.57 Å². The van der Waals surface area contributed by atoms with Crippen LogP contribution in [0.15, 0.2) is 127 Å². The second-order valence-corrected chi connectivity index (χ2v) is 15.7. The van der Waals surface area contributed by atoms with Crippen LogP contribution < -0.4 is 0 Å². The molecular weight excluding hydrogens is 567 g/mol. The van der Waals surface area contributed by atoms with Gasteiger partial charge in [0.1, 0.15) is 0 Å². The normalized spacial score (nSPS) is 18.3. The smallest absolute Gasteiger partial charge is 0.0726 e. The number of rotatable bonds is 1. The maximum absolute atomic E-state index is 2.60. The molecule has 0 aliphatic heterocycles. The van der Waals surface area contributed by atoms with Crippen LogP contribution in [0.25, 0.3) is 49.7 Å². The van der Waals surface area contributed by atoms with Gasteiger partial charge in [-0.2, -0.15) is 0 Å². The number of hydrogen-bond donors (Lipinski definition) is 0.